The first-order valence-electron chi connectivity index (χ1n) is 5.74. The van der Waals surface area contributed by atoms with E-state index in [2.05, 4.69) is 30.6 Å². The molecule has 3 rings (SSSR count). The van der Waals surface area contributed by atoms with Crippen molar-refractivity contribution in [1.82, 2.24) is 14.4 Å². The van der Waals surface area contributed by atoms with Gasteiger partial charge in [0.2, 0.25) is 0 Å². The average molecular weight is 388 g/mol. The second kappa shape index (κ2) is 5.28. The van der Waals surface area contributed by atoms with Gasteiger partial charge in [-0.1, -0.05) is 17.7 Å². The van der Waals surface area contributed by atoms with Crippen molar-refractivity contribution in [3.63, 3.8) is 0 Å². The van der Waals surface area contributed by atoms with Gasteiger partial charge in [0, 0.05) is 18.6 Å². The number of nitrogens with zero attached hydrogens (tertiary/aromatic N) is 3. The molecule has 0 aromatic carbocycles. The Morgan fingerprint density at radius 1 is 1.29 bits per heavy atom. The SMILES string of the molecule is O=S(=O)(Nc1ccncc1Br)c1c(Cl)nc2ccccn12. The summed E-state index contributed by atoms with van der Waals surface area (Å²) in [6, 6.07) is 6.67. The van der Waals surface area contributed by atoms with Gasteiger partial charge >= 0.3 is 0 Å². The molecule has 6 nitrogen and oxygen atoms in total. The second-order valence-electron chi connectivity index (χ2n) is 4.10. The molecule has 3 aromatic heterocycles. The molecule has 9 heteroatoms. The molecule has 3 aromatic rings. The van der Waals surface area contributed by atoms with Gasteiger partial charge in [0.15, 0.2) is 10.2 Å². The zero-order chi connectivity index (χ0) is 15.0. The molecular formula is C12H8BrClN4O2S. The standard InChI is InChI=1S/C12H8BrClN4O2S/c13-8-7-15-5-4-9(8)17-21(19,20)12-11(14)16-10-3-1-2-6-18(10)12/h1-7H,(H,15,17). The summed E-state index contributed by atoms with van der Waals surface area (Å²) in [7, 11) is -3.89. The third-order valence-electron chi connectivity index (χ3n) is 2.72. The van der Waals surface area contributed by atoms with Gasteiger partial charge in [0.05, 0.1) is 10.2 Å². The lowest BCUT2D eigenvalue weighted by Gasteiger charge is -2.09. The largest absolute Gasteiger partial charge is 0.288 e. The molecule has 0 aliphatic rings. The van der Waals surface area contributed by atoms with Crippen LogP contribution >= 0.6 is 27.5 Å². The minimum absolute atomic E-state index is 0.0844. The molecule has 0 saturated carbocycles. The molecule has 0 amide bonds. The zero-order valence-corrected chi connectivity index (χ0v) is 13.5. The summed E-state index contributed by atoms with van der Waals surface area (Å²) >= 11 is 9.22. The van der Waals surface area contributed by atoms with E-state index in [4.69, 9.17) is 11.6 Å². The number of rotatable bonds is 3. The first-order chi connectivity index (χ1) is 9.99. The lowest BCUT2D eigenvalue weighted by molar-refractivity contribution is 0.596. The number of hydrogen-bond acceptors (Lipinski definition) is 4. The summed E-state index contributed by atoms with van der Waals surface area (Å²) in [4.78, 5) is 7.91. The maximum atomic E-state index is 12.6. The van der Waals surface area contributed by atoms with Crippen LogP contribution in [0.5, 0.6) is 0 Å². The fourth-order valence-corrected chi connectivity index (χ4v) is 4.04. The Morgan fingerprint density at radius 3 is 2.86 bits per heavy atom. The summed E-state index contributed by atoms with van der Waals surface area (Å²) in [5.74, 6) is 0. The third kappa shape index (κ3) is 2.61. The van der Waals surface area contributed by atoms with Gasteiger partial charge in [-0.15, -0.1) is 0 Å². The number of nitrogens with one attached hydrogen (secondary N) is 1. The van der Waals surface area contributed by atoms with Crippen LogP contribution in [0.3, 0.4) is 0 Å². The van der Waals surface area contributed by atoms with Gasteiger partial charge < -0.3 is 0 Å². The van der Waals surface area contributed by atoms with Crippen molar-refractivity contribution in [2.45, 2.75) is 5.03 Å². The Bertz CT molecular complexity index is 926. The van der Waals surface area contributed by atoms with Gasteiger partial charge in [-0.3, -0.25) is 14.1 Å². The van der Waals surface area contributed by atoms with E-state index in [1.807, 2.05) is 0 Å². The van der Waals surface area contributed by atoms with Crippen molar-refractivity contribution in [2.24, 2.45) is 0 Å². The van der Waals surface area contributed by atoms with E-state index >= 15 is 0 Å². The number of hydrogen-bond donors (Lipinski definition) is 1. The Balaban J connectivity index is 2.13. The summed E-state index contributed by atoms with van der Waals surface area (Å²) in [5.41, 5.74) is 0.823. The van der Waals surface area contributed by atoms with Gasteiger partial charge in [-0.05, 0) is 34.1 Å². The normalized spacial score (nSPS) is 11.7. The van der Waals surface area contributed by atoms with Crippen LogP contribution in [0, 0.1) is 0 Å². The van der Waals surface area contributed by atoms with E-state index in [0.29, 0.717) is 15.8 Å². The summed E-state index contributed by atoms with van der Waals surface area (Å²) in [6.45, 7) is 0. The number of anilines is 1. The highest BCUT2D eigenvalue weighted by molar-refractivity contribution is 9.10. The van der Waals surface area contributed by atoms with Crippen LogP contribution in [-0.4, -0.2) is 22.8 Å². The number of imidazole rings is 1. The highest BCUT2D eigenvalue weighted by Gasteiger charge is 2.25. The quantitative estimate of drug-likeness (QED) is 0.749. The Hall–Kier alpha value is -1.64. The fourth-order valence-electron chi connectivity index (χ4n) is 1.84. The average Bonchev–Trinajstić information content (AvgIpc) is 2.77. The van der Waals surface area contributed by atoms with Crippen molar-refractivity contribution < 1.29 is 8.42 Å². The van der Waals surface area contributed by atoms with Crippen LogP contribution in [-0.2, 0) is 10.0 Å². The van der Waals surface area contributed by atoms with E-state index in [0.717, 1.165) is 0 Å². The third-order valence-corrected chi connectivity index (χ3v) is 5.11. The molecule has 21 heavy (non-hydrogen) atoms. The molecule has 1 N–H and O–H groups in total. The van der Waals surface area contributed by atoms with E-state index in [1.165, 1.54) is 16.8 Å². The summed E-state index contributed by atoms with van der Waals surface area (Å²) < 4.78 is 29.5. The van der Waals surface area contributed by atoms with Crippen LogP contribution < -0.4 is 4.72 Å². The maximum absolute atomic E-state index is 12.6. The minimum atomic E-state index is -3.89. The molecule has 0 aliphatic carbocycles. The highest BCUT2D eigenvalue weighted by atomic mass is 79.9. The Kier molecular flexibility index (Phi) is 3.60. The van der Waals surface area contributed by atoms with Crippen LogP contribution in [0.1, 0.15) is 0 Å². The molecule has 0 spiro atoms. The molecule has 0 saturated heterocycles. The lowest BCUT2D eigenvalue weighted by Crippen LogP contribution is -2.16. The summed E-state index contributed by atoms with van der Waals surface area (Å²) in [5, 5.41) is -0.192. The Morgan fingerprint density at radius 2 is 2.10 bits per heavy atom. The molecular weight excluding hydrogens is 380 g/mol. The molecule has 0 atom stereocenters. The van der Waals surface area contributed by atoms with Gasteiger partial charge in [0.25, 0.3) is 10.0 Å². The van der Waals surface area contributed by atoms with Gasteiger partial charge in [-0.2, -0.15) is 8.42 Å². The minimum Gasteiger partial charge on any atom is -0.288 e. The van der Waals surface area contributed by atoms with E-state index < -0.39 is 10.0 Å². The van der Waals surface area contributed by atoms with E-state index in [9.17, 15) is 8.42 Å². The first-order valence-corrected chi connectivity index (χ1v) is 8.39. The fraction of sp³-hybridized carbons (Fsp3) is 0. The van der Waals surface area contributed by atoms with Crippen LogP contribution in [0.15, 0.2) is 52.4 Å². The van der Waals surface area contributed by atoms with Crippen molar-refractivity contribution in [3.8, 4) is 0 Å². The molecule has 0 radical (unpaired) electrons. The summed E-state index contributed by atoms with van der Waals surface area (Å²) in [6.07, 6.45) is 4.57. The predicted octanol–water partition coefficient (Wildman–Crippen LogP) is 2.95. The monoisotopic (exact) mass is 386 g/mol. The highest BCUT2D eigenvalue weighted by Crippen LogP contribution is 2.27. The van der Waals surface area contributed by atoms with E-state index in [1.54, 1.807) is 30.5 Å². The molecule has 0 aliphatic heterocycles. The number of halogens is 2. The topological polar surface area (TPSA) is 76.4 Å². The van der Waals surface area contributed by atoms with Crippen LogP contribution in [0.4, 0.5) is 5.69 Å². The van der Waals surface area contributed by atoms with Crippen LogP contribution in [0.2, 0.25) is 5.15 Å². The molecule has 0 bridgehead atoms. The molecule has 108 valence electrons. The van der Waals surface area contributed by atoms with Gasteiger partial charge in [0.1, 0.15) is 5.65 Å². The van der Waals surface area contributed by atoms with Crippen molar-refractivity contribution in [1.29, 1.82) is 0 Å². The second-order valence-corrected chi connectivity index (χ2v) is 6.91. The molecule has 0 fully saturated rings. The van der Waals surface area contributed by atoms with E-state index in [-0.39, 0.29) is 10.2 Å². The lowest BCUT2D eigenvalue weighted by atomic mass is 10.4. The first kappa shape index (κ1) is 14.3. The smallest absolute Gasteiger partial charge is 0.281 e. The van der Waals surface area contributed by atoms with Crippen LogP contribution in [0.25, 0.3) is 5.65 Å². The van der Waals surface area contributed by atoms with Crippen molar-refractivity contribution >= 4 is 48.9 Å². The molecule has 3 heterocycles. The zero-order valence-electron chi connectivity index (χ0n) is 10.4. The maximum Gasteiger partial charge on any atom is 0.281 e. The number of fused-ring (bicyclic) bond motifs is 1. The van der Waals surface area contributed by atoms with Gasteiger partial charge in [-0.25, -0.2) is 4.98 Å². The van der Waals surface area contributed by atoms with Crippen molar-refractivity contribution in [2.75, 3.05) is 4.72 Å². The van der Waals surface area contributed by atoms with Crippen molar-refractivity contribution in [3.05, 3.63) is 52.5 Å². The number of aromatic nitrogens is 3. The molecule has 0 unspecified atom stereocenters. The number of pyridine rings is 2. The predicted molar refractivity (Wildman–Crippen MR) is 82.9 cm³/mol. The Labute approximate surface area is 134 Å². The number of sulfonamides is 1.